The van der Waals surface area contributed by atoms with Gasteiger partial charge >= 0.3 is 11.9 Å². The van der Waals surface area contributed by atoms with Gasteiger partial charge in [-0.25, -0.2) is 9.59 Å². The van der Waals surface area contributed by atoms with Gasteiger partial charge in [-0.3, -0.25) is 9.59 Å². The Kier molecular flexibility index (Phi) is 10.2. The van der Waals surface area contributed by atoms with E-state index in [9.17, 15) is 19.2 Å². The van der Waals surface area contributed by atoms with Crippen molar-refractivity contribution in [2.24, 2.45) is 0 Å². The van der Waals surface area contributed by atoms with Crippen LogP contribution >= 0.6 is 0 Å². The van der Waals surface area contributed by atoms with Crippen LogP contribution < -0.4 is 0 Å². The average molecular weight is 408 g/mol. The molecule has 8 nitrogen and oxygen atoms in total. The molecule has 0 saturated carbocycles. The molecule has 2 atom stereocenters. The average Bonchev–Trinajstić information content (AvgIpc) is 2.69. The molecule has 0 aromatic heterocycles. The van der Waals surface area contributed by atoms with Gasteiger partial charge in [0.2, 0.25) is 23.8 Å². The lowest BCUT2D eigenvalue weighted by Crippen LogP contribution is -2.39. The van der Waals surface area contributed by atoms with Crippen molar-refractivity contribution >= 4 is 23.5 Å². The highest BCUT2D eigenvalue weighted by Crippen LogP contribution is 2.21. The van der Waals surface area contributed by atoms with E-state index in [4.69, 9.17) is 18.9 Å². The summed E-state index contributed by atoms with van der Waals surface area (Å²) in [6.45, 7) is 8.44. The number of hydrogen-bond donors (Lipinski definition) is 0. The minimum absolute atomic E-state index is 0.0157. The van der Waals surface area contributed by atoms with Crippen LogP contribution in [0.2, 0.25) is 0 Å². The lowest BCUT2D eigenvalue weighted by atomic mass is 9.91. The van der Waals surface area contributed by atoms with E-state index >= 15 is 0 Å². The first kappa shape index (κ1) is 24.5. The van der Waals surface area contributed by atoms with Gasteiger partial charge in [-0.05, 0) is 40.2 Å². The number of carbonyl (C=O) groups is 4. The Morgan fingerprint density at radius 1 is 0.759 bits per heavy atom. The van der Waals surface area contributed by atoms with Crippen molar-refractivity contribution in [3.63, 3.8) is 0 Å². The zero-order chi connectivity index (χ0) is 22.0. The standard InChI is InChI=1S/C21H28O8/c1-6-26-18(20(24)28-8-3)16(22)14-12-10-11-13(5)15(14)17(23)19(27-7-2)21(25)29-9-4/h10-12,18-19H,6-9H2,1-5H3. The number of rotatable bonds is 12. The third-order valence-electron chi connectivity index (χ3n) is 3.93. The maximum Gasteiger partial charge on any atom is 0.343 e. The summed E-state index contributed by atoms with van der Waals surface area (Å²) in [5.74, 6) is -3.12. The van der Waals surface area contributed by atoms with Gasteiger partial charge in [0.1, 0.15) is 0 Å². The van der Waals surface area contributed by atoms with E-state index in [0.717, 1.165) is 0 Å². The molecule has 0 amide bonds. The van der Waals surface area contributed by atoms with Crippen molar-refractivity contribution < 1.29 is 38.1 Å². The molecule has 0 aliphatic heterocycles. The molecule has 2 unspecified atom stereocenters. The summed E-state index contributed by atoms with van der Waals surface area (Å²) in [6, 6.07) is 4.60. The number of ether oxygens (including phenoxy) is 4. The summed E-state index contributed by atoms with van der Waals surface area (Å²) in [4.78, 5) is 50.6. The van der Waals surface area contributed by atoms with Crippen LogP contribution in [0.1, 0.15) is 54.0 Å². The number of carbonyl (C=O) groups excluding carboxylic acids is 4. The van der Waals surface area contributed by atoms with Crippen molar-refractivity contribution in [1.29, 1.82) is 0 Å². The molecule has 1 aromatic carbocycles. The Bertz CT molecular complexity index is 740. The number of esters is 2. The molecule has 29 heavy (non-hydrogen) atoms. The molecule has 0 fully saturated rings. The predicted molar refractivity (Wildman–Crippen MR) is 104 cm³/mol. The fourth-order valence-electron chi connectivity index (χ4n) is 2.74. The minimum atomic E-state index is -1.51. The third kappa shape index (κ3) is 6.20. The monoisotopic (exact) mass is 408 g/mol. The van der Waals surface area contributed by atoms with Crippen LogP contribution in [0, 0.1) is 6.92 Å². The lowest BCUT2D eigenvalue weighted by Gasteiger charge is -2.20. The molecule has 0 radical (unpaired) electrons. The zero-order valence-corrected chi connectivity index (χ0v) is 17.5. The molecule has 0 saturated heterocycles. The predicted octanol–water partition coefficient (Wildman–Crippen LogP) is 2.30. The van der Waals surface area contributed by atoms with Crippen LogP contribution in [0.5, 0.6) is 0 Å². The van der Waals surface area contributed by atoms with Crippen LogP contribution in [0.25, 0.3) is 0 Å². The number of ketones is 2. The van der Waals surface area contributed by atoms with Gasteiger partial charge in [-0.15, -0.1) is 0 Å². The highest BCUT2D eigenvalue weighted by atomic mass is 16.6. The Balaban J connectivity index is 3.43. The van der Waals surface area contributed by atoms with Crippen LogP contribution in [-0.4, -0.2) is 62.1 Å². The van der Waals surface area contributed by atoms with Gasteiger partial charge in [0.05, 0.1) is 13.2 Å². The molecule has 0 aliphatic carbocycles. The number of hydrogen-bond acceptors (Lipinski definition) is 8. The molecule has 0 heterocycles. The Labute approximate surface area is 170 Å². The highest BCUT2D eigenvalue weighted by Gasteiger charge is 2.36. The quantitative estimate of drug-likeness (QED) is 0.295. The van der Waals surface area contributed by atoms with E-state index in [2.05, 4.69) is 0 Å². The molecule has 0 N–H and O–H groups in total. The zero-order valence-electron chi connectivity index (χ0n) is 17.5. The molecule has 0 aliphatic rings. The van der Waals surface area contributed by atoms with Crippen molar-refractivity contribution in [2.75, 3.05) is 26.4 Å². The van der Waals surface area contributed by atoms with Crippen molar-refractivity contribution in [2.45, 2.75) is 46.8 Å². The van der Waals surface area contributed by atoms with Crippen LogP contribution in [0.3, 0.4) is 0 Å². The number of benzene rings is 1. The molecule has 8 heteroatoms. The second-order valence-corrected chi connectivity index (χ2v) is 5.90. The summed E-state index contributed by atoms with van der Waals surface area (Å²) >= 11 is 0. The topological polar surface area (TPSA) is 105 Å². The molecule has 1 rings (SSSR count). The lowest BCUT2D eigenvalue weighted by molar-refractivity contribution is -0.154. The van der Waals surface area contributed by atoms with Gasteiger partial charge in [0, 0.05) is 24.3 Å². The second-order valence-electron chi connectivity index (χ2n) is 5.90. The molecule has 160 valence electrons. The van der Waals surface area contributed by atoms with E-state index in [-0.39, 0.29) is 37.6 Å². The van der Waals surface area contributed by atoms with Crippen molar-refractivity contribution in [3.8, 4) is 0 Å². The van der Waals surface area contributed by atoms with Gasteiger partial charge < -0.3 is 18.9 Å². The number of aryl methyl sites for hydroxylation is 1. The van der Waals surface area contributed by atoms with Crippen LogP contribution in [0.15, 0.2) is 18.2 Å². The summed E-state index contributed by atoms with van der Waals surface area (Å²) in [5.41, 5.74) is 0.391. The van der Waals surface area contributed by atoms with Gasteiger partial charge in [-0.2, -0.15) is 0 Å². The van der Waals surface area contributed by atoms with Crippen molar-refractivity contribution in [3.05, 3.63) is 34.9 Å². The van der Waals surface area contributed by atoms with Crippen LogP contribution in [0.4, 0.5) is 0 Å². The van der Waals surface area contributed by atoms with E-state index in [1.807, 2.05) is 0 Å². The number of Topliss-reactive ketones (excluding diaryl/α,β-unsaturated/α-hetero) is 2. The second kappa shape index (κ2) is 12.1. The summed E-state index contributed by atoms with van der Waals surface area (Å²) < 4.78 is 20.4. The normalized spacial score (nSPS) is 12.7. The summed E-state index contributed by atoms with van der Waals surface area (Å²) in [6.07, 6.45) is -3.03. The molecule has 1 aromatic rings. The fraction of sp³-hybridized carbons (Fsp3) is 0.524. The first-order valence-corrected chi connectivity index (χ1v) is 9.58. The van der Waals surface area contributed by atoms with Crippen molar-refractivity contribution in [1.82, 2.24) is 0 Å². The van der Waals surface area contributed by atoms with Gasteiger partial charge in [0.15, 0.2) is 0 Å². The van der Waals surface area contributed by atoms with E-state index in [1.165, 1.54) is 6.07 Å². The van der Waals surface area contributed by atoms with E-state index in [0.29, 0.717) is 5.56 Å². The molecule has 0 bridgehead atoms. The molecular formula is C21H28O8. The van der Waals surface area contributed by atoms with Gasteiger partial charge in [-0.1, -0.05) is 18.2 Å². The summed E-state index contributed by atoms with van der Waals surface area (Å²) in [5, 5.41) is 0. The molecular weight excluding hydrogens is 380 g/mol. The fourth-order valence-corrected chi connectivity index (χ4v) is 2.74. The van der Waals surface area contributed by atoms with E-state index in [1.54, 1.807) is 46.8 Å². The first-order valence-electron chi connectivity index (χ1n) is 9.58. The Morgan fingerprint density at radius 2 is 1.24 bits per heavy atom. The maximum absolute atomic E-state index is 13.1. The Morgan fingerprint density at radius 3 is 1.69 bits per heavy atom. The van der Waals surface area contributed by atoms with Gasteiger partial charge in [0.25, 0.3) is 0 Å². The summed E-state index contributed by atoms with van der Waals surface area (Å²) in [7, 11) is 0. The van der Waals surface area contributed by atoms with E-state index < -0.39 is 35.7 Å². The van der Waals surface area contributed by atoms with Crippen LogP contribution in [-0.2, 0) is 28.5 Å². The Hall–Kier alpha value is -2.58. The highest BCUT2D eigenvalue weighted by molar-refractivity contribution is 6.20. The minimum Gasteiger partial charge on any atom is -0.464 e. The smallest absolute Gasteiger partial charge is 0.343 e. The third-order valence-corrected chi connectivity index (χ3v) is 3.93. The SMILES string of the molecule is CCOC(=O)C(OCC)C(=O)c1cccc(C)c1C(=O)C(OCC)C(=O)OCC. The molecule has 0 spiro atoms. The first-order chi connectivity index (χ1) is 13.8. The maximum atomic E-state index is 13.1. The largest absolute Gasteiger partial charge is 0.464 e.